The van der Waals surface area contributed by atoms with Crippen LogP contribution in [-0.2, 0) is 20.7 Å². The minimum atomic E-state index is -0.694. The Kier molecular flexibility index (Phi) is 11.5. The molecule has 26 heavy (non-hydrogen) atoms. The highest BCUT2D eigenvalue weighted by Gasteiger charge is 2.18. The van der Waals surface area contributed by atoms with E-state index >= 15 is 0 Å². The Bertz CT molecular complexity index is 549. The van der Waals surface area contributed by atoms with Crippen LogP contribution in [0, 0.1) is 5.92 Å². The first-order valence-electron chi connectivity index (χ1n) is 8.73. The summed E-state index contributed by atoms with van der Waals surface area (Å²) in [6.07, 6.45) is 0.315. The van der Waals surface area contributed by atoms with E-state index < -0.39 is 12.0 Å². The molecule has 7 heteroatoms. The van der Waals surface area contributed by atoms with Gasteiger partial charge in [-0.15, -0.1) is 0 Å². The number of carbonyl (C=O) groups excluding carboxylic acids is 2. The lowest BCUT2D eigenvalue weighted by atomic mass is 9.96. The lowest BCUT2D eigenvalue weighted by molar-refractivity contribution is -0.121. The number of hydrogen-bond donors (Lipinski definition) is 1. The number of rotatable bonds is 11. The molecule has 0 radical (unpaired) electrons. The van der Waals surface area contributed by atoms with Gasteiger partial charge in [-0.05, 0) is 30.4 Å². The zero-order valence-electron chi connectivity index (χ0n) is 15.9. The number of ether oxygens (including phenoxy) is 2. The van der Waals surface area contributed by atoms with E-state index in [9.17, 15) is 9.59 Å². The van der Waals surface area contributed by atoms with Crippen molar-refractivity contribution in [1.29, 1.82) is 0 Å². The normalized spacial score (nSPS) is 12.0. The maximum absolute atomic E-state index is 12.2. The van der Waals surface area contributed by atoms with Crippen molar-refractivity contribution in [2.24, 2.45) is 5.92 Å². The Morgan fingerprint density at radius 2 is 1.65 bits per heavy atom. The van der Waals surface area contributed by atoms with Crippen molar-refractivity contribution in [2.45, 2.75) is 33.1 Å². The number of nitrogens with one attached hydrogen (secondary N) is 1. The molecule has 0 bridgehead atoms. The molecule has 0 saturated carbocycles. The van der Waals surface area contributed by atoms with Gasteiger partial charge in [0.1, 0.15) is 6.61 Å². The predicted molar refractivity (Wildman–Crippen MR) is 110 cm³/mol. The molecule has 0 aliphatic heterocycles. The summed E-state index contributed by atoms with van der Waals surface area (Å²) in [5.74, 6) is 1.39. The molecule has 1 aromatic rings. The largest absolute Gasteiger partial charge is 0.448 e. The molecule has 0 heterocycles. The molecule has 1 atom stereocenters. The van der Waals surface area contributed by atoms with E-state index in [2.05, 4.69) is 19.2 Å². The highest BCUT2D eigenvalue weighted by Crippen LogP contribution is 2.20. The average molecular weight is 400 g/mol. The first kappa shape index (κ1) is 22.9. The van der Waals surface area contributed by atoms with E-state index in [0.717, 1.165) is 17.7 Å². The van der Waals surface area contributed by atoms with Gasteiger partial charge in [0.15, 0.2) is 0 Å². The number of methoxy groups -OCH3 is 1. The van der Waals surface area contributed by atoms with Crippen molar-refractivity contribution >= 4 is 33.6 Å². The zero-order chi connectivity index (χ0) is 19.4. The maximum Gasteiger partial charge on any atom is 0.413 e. The van der Waals surface area contributed by atoms with Crippen molar-refractivity contribution in [3.05, 3.63) is 35.4 Å². The summed E-state index contributed by atoms with van der Waals surface area (Å²) < 4.78 is 9.98. The van der Waals surface area contributed by atoms with Crippen LogP contribution in [0.3, 0.4) is 0 Å². The summed E-state index contributed by atoms with van der Waals surface area (Å²) in [5, 5.41) is 2.30. The van der Waals surface area contributed by atoms with E-state index in [1.54, 1.807) is 35.6 Å². The molecular weight excluding hydrogens is 370 g/mol. The molecule has 1 N–H and O–H groups in total. The lowest BCUT2D eigenvalue weighted by Gasteiger charge is -2.13. The quantitative estimate of drug-likeness (QED) is 0.443. The van der Waals surface area contributed by atoms with Crippen molar-refractivity contribution in [2.75, 3.05) is 31.8 Å². The molecule has 1 aromatic carbocycles. The number of hydrogen-bond acceptors (Lipinski definition) is 6. The van der Waals surface area contributed by atoms with Gasteiger partial charge >= 0.3 is 6.09 Å². The summed E-state index contributed by atoms with van der Waals surface area (Å²) in [6.45, 7) is 7.09. The lowest BCUT2D eigenvalue weighted by Crippen LogP contribution is -2.34. The minimum absolute atomic E-state index is 0.266. The minimum Gasteiger partial charge on any atom is -0.448 e. The van der Waals surface area contributed by atoms with Gasteiger partial charge in [-0.25, -0.2) is 4.79 Å². The third-order valence-electron chi connectivity index (χ3n) is 3.60. The third-order valence-corrected chi connectivity index (χ3v) is 5.93. The second-order valence-electron chi connectivity index (χ2n) is 6.32. The number of carbonyl (C=O) groups is 2. The highest BCUT2D eigenvalue weighted by molar-refractivity contribution is 8.76. The molecule has 0 aliphatic rings. The molecule has 2 amide bonds. The van der Waals surface area contributed by atoms with Crippen LogP contribution in [0.15, 0.2) is 24.3 Å². The molecule has 146 valence electrons. The maximum atomic E-state index is 12.2. The van der Waals surface area contributed by atoms with Crippen LogP contribution in [0.5, 0.6) is 0 Å². The van der Waals surface area contributed by atoms with Gasteiger partial charge in [0.25, 0.3) is 0 Å². The monoisotopic (exact) mass is 399 g/mol. The van der Waals surface area contributed by atoms with Crippen molar-refractivity contribution in [3.63, 3.8) is 0 Å². The summed E-state index contributed by atoms with van der Waals surface area (Å²) in [7, 11) is 4.94. The van der Waals surface area contributed by atoms with Crippen LogP contribution in [0.2, 0.25) is 0 Å². The van der Waals surface area contributed by atoms with E-state index in [1.165, 1.54) is 5.56 Å². The van der Waals surface area contributed by atoms with Gasteiger partial charge < -0.3 is 9.47 Å². The van der Waals surface area contributed by atoms with Gasteiger partial charge in [0.05, 0.1) is 12.5 Å². The number of amides is 2. The fourth-order valence-electron chi connectivity index (χ4n) is 2.21. The SMILES string of the molecule is COCCSSCCOC(=O)NC(=O)C(C)c1ccc(CC(C)C)cc1. The summed E-state index contributed by atoms with van der Waals surface area (Å²) in [5.41, 5.74) is 2.13. The Hall–Kier alpha value is -1.18. The second kappa shape index (κ2) is 13.1. The second-order valence-corrected chi connectivity index (χ2v) is 9.03. The fourth-order valence-corrected chi connectivity index (χ4v) is 3.95. The van der Waals surface area contributed by atoms with Gasteiger partial charge in [-0.2, -0.15) is 0 Å². The molecule has 0 aliphatic carbocycles. The van der Waals surface area contributed by atoms with Gasteiger partial charge in [-0.1, -0.05) is 59.7 Å². The fraction of sp³-hybridized carbons (Fsp3) is 0.579. The van der Waals surface area contributed by atoms with Gasteiger partial charge in [0.2, 0.25) is 5.91 Å². The van der Waals surface area contributed by atoms with E-state index in [4.69, 9.17) is 9.47 Å². The van der Waals surface area contributed by atoms with Gasteiger partial charge in [0, 0.05) is 18.6 Å². The van der Waals surface area contributed by atoms with Crippen molar-refractivity contribution < 1.29 is 19.1 Å². The van der Waals surface area contributed by atoms with Crippen LogP contribution < -0.4 is 5.32 Å². The van der Waals surface area contributed by atoms with Crippen molar-refractivity contribution in [1.82, 2.24) is 5.32 Å². The number of imide groups is 1. The van der Waals surface area contributed by atoms with Crippen LogP contribution in [-0.4, -0.2) is 43.8 Å². The van der Waals surface area contributed by atoms with Crippen LogP contribution in [0.1, 0.15) is 37.8 Å². The smallest absolute Gasteiger partial charge is 0.413 e. The summed E-state index contributed by atoms with van der Waals surface area (Å²) >= 11 is 0. The molecule has 0 saturated heterocycles. The van der Waals surface area contributed by atoms with E-state index in [1.807, 2.05) is 24.3 Å². The Morgan fingerprint density at radius 3 is 2.23 bits per heavy atom. The van der Waals surface area contributed by atoms with Crippen LogP contribution in [0.4, 0.5) is 4.79 Å². The van der Waals surface area contributed by atoms with E-state index in [-0.39, 0.29) is 12.5 Å². The van der Waals surface area contributed by atoms with Crippen molar-refractivity contribution in [3.8, 4) is 0 Å². The molecule has 0 fully saturated rings. The summed E-state index contributed by atoms with van der Waals surface area (Å²) in [6, 6.07) is 7.97. The Morgan fingerprint density at radius 1 is 1.04 bits per heavy atom. The topological polar surface area (TPSA) is 64.6 Å². The Balaban J connectivity index is 2.31. The predicted octanol–water partition coefficient (Wildman–Crippen LogP) is 4.27. The van der Waals surface area contributed by atoms with Crippen LogP contribution >= 0.6 is 21.6 Å². The molecular formula is C19H29NO4S2. The zero-order valence-corrected chi connectivity index (χ0v) is 17.6. The standard InChI is InChI=1S/C19H29NO4S2/c1-14(2)13-16-5-7-17(8-6-16)15(3)18(21)20-19(22)24-10-12-26-25-11-9-23-4/h5-8,14-15H,9-13H2,1-4H3,(H,20,21,22). The average Bonchev–Trinajstić information content (AvgIpc) is 2.60. The van der Waals surface area contributed by atoms with Crippen LogP contribution in [0.25, 0.3) is 0 Å². The molecule has 5 nitrogen and oxygen atoms in total. The number of benzene rings is 1. The molecule has 0 spiro atoms. The number of alkyl carbamates (subject to hydrolysis) is 1. The van der Waals surface area contributed by atoms with Gasteiger partial charge in [-0.3, -0.25) is 10.1 Å². The molecule has 1 unspecified atom stereocenters. The highest BCUT2D eigenvalue weighted by atomic mass is 33.1. The third kappa shape index (κ3) is 9.50. The first-order valence-corrected chi connectivity index (χ1v) is 11.2. The first-order chi connectivity index (χ1) is 12.4. The molecule has 0 aromatic heterocycles. The summed E-state index contributed by atoms with van der Waals surface area (Å²) in [4.78, 5) is 23.9. The Labute approximate surface area is 164 Å². The van der Waals surface area contributed by atoms with E-state index in [0.29, 0.717) is 18.3 Å². The molecule has 1 rings (SSSR count).